The number of nitrogens with zero attached hydrogens (tertiary/aromatic N) is 2. The zero-order chi connectivity index (χ0) is 18.4. The van der Waals surface area contributed by atoms with Crippen molar-refractivity contribution in [2.24, 2.45) is 0 Å². The molecule has 2 aliphatic rings. The van der Waals surface area contributed by atoms with Gasteiger partial charge in [0.2, 0.25) is 0 Å². The molecule has 0 spiro atoms. The van der Waals surface area contributed by atoms with Crippen LogP contribution in [0.25, 0.3) is 0 Å². The standard InChI is InChI=1S/C17H26N2O6S/c1-26(20,21)25-10-14-6-7-18-17(19-14)13-2-4-15(5-3-13)24-12-16-11-22-8-9-23-16/h6-7,13,15-16H,2-5,8-12H2,1H3. The van der Waals surface area contributed by atoms with Gasteiger partial charge in [0.15, 0.2) is 0 Å². The first-order chi connectivity index (χ1) is 12.5. The summed E-state index contributed by atoms with van der Waals surface area (Å²) < 4.78 is 44.0. The molecule has 1 saturated carbocycles. The third-order valence-electron chi connectivity index (χ3n) is 4.59. The zero-order valence-electron chi connectivity index (χ0n) is 15.0. The molecule has 0 N–H and O–H groups in total. The van der Waals surface area contributed by atoms with Crippen LogP contribution in [0.5, 0.6) is 0 Å². The van der Waals surface area contributed by atoms with Gasteiger partial charge in [-0.2, -0.15) is 8.42 Å². The van der Waals surface area contributed by atoms with Crippen molar-refractivity contribution in [2.75, 3.05) is 32.7 Å². The van der Waals surface area contributed by atoms with E-state index in [4.69, 9.17) is 18.4 Å². The summed E-state index contributed by atoms with van der Waals surface area (Å²) in [5.41, 5.74) is 0.577. The largest absolute Gasteiger partial charge is 0.376 e. The molecule has 1 unspecified atom stereocenters. The molecule has 8 nitrogen and oxygen atoms in total. The van der Waals surface area contributed by atoms with E-state index in [1.807, 2.05) is 0 Å². The van der Waals surface area contributed by atoms with Gasteiger partial charge >= 0.3 is 0 Å². The van der Waals surface area contributed by atoms with E-state index in [1.165, 1.54) is 0 Å². The Morgan fingerprint density at radius 2 is 2.04 bits per heavy atom. The van der Waals surface area contributed by atoms with E-state index in [0.29, 0.717) is 32.1 Å². The minimum atomic E-state index is -3.48. The number of rotatable bonds is 7. The monoisotopic (exact) mass is 386 g/mol. The molecule has 9 heteroatoms. The fourth-order valence-electron chi connectivity index (χ4n) is 3.22. The van der Waals surface area contributed by atoms with Crippen LogP contribution in [0, 0.1) is 0 Å². The van der Waals surface area contributed by atoms with Crippen molar-refractivity contribution in [2.45, 2.75) is 50.4 Å². The maximum Gasteiger partial charge on any atom is 0.264 e. The lowest BCUT2D eigenvalue weighted by Crippen LogP contribution is -2.34. The van der Waals surface area contributed by atoms with Crippen LogP contribution >= 0.6 is 0 Å². The molecule has 2 heterocycles. The molecular weight excluding hydrogens is 360 g/mol. The highest BCUT2D eigenvalue weighted by molar-refractivity contribution is 7.85. The van der Waals surface area contributed by atoms with Crippen LogP contribution in [-0.4, -0.2) is 63.3 Å². The minimum Gasteiger partial charge on any atom is -0.376 e. The molecule has 0 bridgehead atoms. The Kier molecular flexibility index (Phi) is 6.93. The molecule has 0 radical (unpaired) electrons. The number of hydrogen-bond acceptors (Lipinski definition) is 8. The average molecular weight is 386 g/mol. The van der Waals surface area contributed by atoms with Gasteiger partial charge in [0.1, 0.15) is 18.5 Å². The highest BCUT2D eigenvalue weighted by Gasteiger charge is 2.26. The second-order valence-corrected chi connectivity index (χ2v) is 8.39. The smallest absolute Gasteiger partial charge is 0.264 e. The molecule has 26 heavy (non-hydrogen) atoms. The van der Waals surface area contributed by atoms with E-state index in [2.05, 4.69) is 9.97 Å². The first kappa shape index (κ1) is 19.6. The molecule has 1 aliphatic carbocycles. The Morgan fingerprint density at radius 3 is 2.73 bits per heavy atom. The summed E-state index contributed by atoms with van der Waals surface area (Å²) in [6.45, 7) is 2.42. The van der Waals surface area contributed by atoms with Crippen molar-refractivity contribution in [1.29, 1.82) is 0 Å². The van der Waals surface area contributed by atoms with Gasteiger partial charge in [-0.05, 0) is 31.7 Å². The van der Waals surface area contributed by atoms with Gasteiger partial charge in [-0.15, -0.1) is 0 Å². The van der Waals surface area contributed by atoms with Gasteiger partial charge in [0.25, 0.3) is 10.1 Å². The van der Waals surface area contributed by atoms with Crippen LogP contribution in [0.2, 0.25) is 0 Å². The quantitative estimate of drug-likeness (QED) is 0.649. The van der Waals surface area contributed by atoms with E-state index in [9.17, 15) is 8.42 Å². The van der Waals surface area contributed by atoms with Gasteiger partial charge in [-0.3, -0.25) is 4.18 Å². The summed E-state index contributed by atoms with van der Waals surface area (Å²) in [6.07, 6.45) is 6.75. The topological polar surface area (TPSA) is 96.8 Å². The third kappa shape index (κ3) is 6.24. The van der Waals surface area contributed by atoms with Crippen LogP contribution in [0.3, 0.4) is 0 Å². The average Bonchev–Trinajstić information content (AvgIpc) is 2.66. The van der Waals surface area contributed by atoms with Gasteiger partial charge < -0.3 is 14.2 Å². The second-order valence-electron chi connectivity index (χ2n) is 6.75. The van der Waals surface area contributed by atoms with Crippen LogP contribution in [-0.2, 0) is 35.1 Å². The Labute approximate surface area is 154 Å². The Bertz CT molecular complexity index is 670. The van der Waals surface area contributed by atoms with E-state index in [-0.39, 0.29) is 24.7 Å². The van der Waals surface area contributed by atoms with E-state index in [1.54, 1.807) is 12.3 Å². The van der Waals surface area contributed by atoms with Crippen molar-refractivity contribution in [3.05, 3.63) is 23.8 Å². The molecule has 1 aliphatic heterocycles. The molecule has 3 rings (SSSR count). The number of aromatic nitrogens is 2. The van der Waals surface area contributed by atoms with Gasteiger partial charge in [-0.1, -0.05) is 0 Å². The van der Waals surface area contributed by atoms with E-state index < -0.39 is 10.1 Å². The molecule has 146 valence electrons. The lowest BCUT2D eigenvalue weighted by Gasteiger charge is -2.30. The highest BCUT2D eigenvalue weighted by Crippen LogP contribution is 2.32. The van der Waals surface area contributed by atoms with Crippen LogP contribution in [0.4, 0.5) is 0 Å². The van der Waals surface area contributed by atoms with Crippen LogP contribution in [0.1, 0.15) is 43.1 Å². The number of ether oxygens (including phenoxy) is 3. The van der Waals surface area contributed by atoms with Crippen molar-refractivity contribution >= 4 is 10.1 Å². The lowest BCUT2D eigenvalue weighted by atomic mass is 9.86. The fraction of sp³-hybridized carbons (Fsp3) is 0.765. The second kappa shape index (κ2) is 9.18. The predicted octanol–water partition coefficient (Wildman–Crippen LogP) is 1.41. The summed E-state index contributed by atoms with van der Waals surface area (Å²) >= 11 is 0. The summed E-state index contributed by atoms with van der Waals surface area (Å²) in [7, 11) is -3.48. The molecule has 1 aromatic rings. The first-order valence-electron chi connectivity index (χ1n) is 8.97. The molecule has 1 atom stereocenters. The van der Waals surface area contributed by atoms with Gasteiger partial charge in [0.05, 0.1) is 44.5 Å². The minimum absolute atomic E-state index is 0.0383. The highest BCUT2D eigenvalue weighted by atomic mass is 32.2. The van der Waals surface area contributed by atoms with Crippen molar-refractivity contribution in [1.82, 2.24) is 9.97 Å². The van der Waals surface area contributed by atoms with Gasteiger partial charge in [0, 0.05) is 12.1 Å². The Hall–Kier alpha value is -1.13. The molecule has 2 fully saturated rings. The molecular formula is C17H26N2O6S. The fourth-order valence-corrected chi connectivity index (χ4v) is 3.56. The van der Waals surface area contributed by atoms with E-state index in [0.717, 1.165) is 37.8 Å². The molecule has 0 aromatic carbocycles. The Morgan fingerprint density at radius 1 is 1.23 bits per heavy atom. The lowest BCUT2D eigenvalue weighted by molar-refractivity contribution is -0.128. The molecule has 1 saturated heterocycles. The SMILES string of the molecule is CS(=O)(=O)OCc1ccnc(C2CCC(OCC3COCCO3)CC2)n1. The van der Waals surface area contributed by atoms with Gasteiger partial charge in [-0.25, -0.2) is 9.97 Å². The summed E-state index contributed by atoms with van der Waals surface area (Å²) in [4.78, 5) is 8.82. The van der Waals surface area contributed by atoms with Crippen molar-refractivity contribution in [3.8, 4) is 0 Å². The maximum atomic E-state index is 11.1. The van der Waals surface area contributed by atoms with Crippen LogP contribution in [0.15, 0.2) is 12.3 Å². The van der Waals surface area contributed by atoms with Crippen molar-refractivity contribution in [3.63, 3.8) is 0 Å². The normalized spacial score (nSPS) is 27.3. The zero-order valence-corrected chi connectivity index (χ0v) is 15.8. The maximum absolute atomic E-state index is 11.1. The molecule has 1 aromatic heterocycles. The summed E-state index contributed by atoms with van der Waals surface area (Å²) in [6, 6.07) is 1.68. The molecule has 0 amide bonds. The summed E-state index contributed by atoms with van der Waals surface area (Å²) in [5, 5.41) is 0. The Balaban J connectivity index is 1.45. The summed E-state index contributed by atoms with van der Waals surface area (Å²) in [5.74, 6) is 1.02. The van der Waals surface area contributed by atoms with Crippen molar-refractivity contribution < 1.29 is 26.8 Å². The van der Waals surface area contributed by atoms with Crippen LogP contribution < -0.4 is 0 Å². The third-order valence-corrected chi connectivity index (χ3v) is 5.14. The first-order valence-corrected chi connectivity index (χ1v) is 10.8. The predicted molar refractivity (Wildman–Crippen MR) is 93.2 cm³/mol. The number of hydrogen-bond donors (Lipinski definition) is 0. The van der Waals surface area contributed by atoms with E-state index >= 15 is 0 Å².